The first-order valence-electron chi connectivity index (χ1n) is 6.71. The summed E-state index contributed by atoms with van der Waals surface area (Å²) in [5.41, 5.74) is 0.0856. The number of nitrogens with one attached hydrogen (secondary N) is 1. The largest absolute Gasteiger partial charge is 0.342 e. The quantitative estimate of drug-likeness (QED) is 0.654. The summed E-state index contributed by atoms with van der Waals surface area (Å²) in [5, 5.41) is 2.34. The predicted molar refractivity (Wildman–Crippen MR) is 73.8 cm³/mol. The molecule has 0 aliphatic carbocycles. The third-order valence-electron chi connectivity index (χ3n) is 3.33. The van der Waals surface area contributed by atoms with Crippen LogP contribution in [0.4, 0.5) is 14.5 Å². The summed E-state index contributed by atoms with van der Waals surface area (Å²) in [6.45, 7) is 1.60. The Kier molecular flexibility index (Phi) is 5.03. The van der Waals surface area contributed by atoms with Crippen molar-refractivity contribution in [3.8, 4) is 0 Å². The molecule has 0 spiro atoms. The number of rotatable bonds is 4. The van der Waals surface area contributed by atoms with E-state index in [0.29, 0.717) is 26.2 Å². The van der Waals surface area contributed by atoms with Gasteiger partial charge in [-0.1, -0.05) is 0 Å². The molecular weight excluding hydrogens is 296 g/mol. The van der Waals surface area contributed by atoms with Gasteiger partial charge >= 0.3 is 0 Å². The lowest BCUT2D eigenvalue weighted by atomic mass is 10.2. The van der Waals surface area contributed by atoms with Gasteiger partial charge in [0.2, 0.25) is 18.2 Å². The molecule has 0 aromatic heterocycles. The fourth-order valence-electron chi connectivity index (χ4n) is 2.10. The van der Waals surface area contributed by atoms with E-state index in [0.717, 1.165) is 18.5 Å². The van der Waals surface area contributed by atoms with Gasteiger partial charge in [0.05, 0.1) is 0 Å². The van der Waals surface area contributed by atoms with Gasteiger partial charge in [-0.05, 0) is 12.1 Å². The number of anilines is 1. The van der Waals surface area contributed by atoms with E-state index in [2.05, 4.69) is 5.32 Å². The number of benzene rings is 1. The molecule has 1 heterocycles. The lowest BCUT2D eigenvalue weighted by Gasteiger charge is -2.32. The third kappa shape index (κ3) is 4.00. The van der Waals surface area contributed by atoms with E-state index in [1.807, 2.05) is 0 Å². The number of nitrogens with zero attached hydrogens (tertiary/aromatic N) is 2. The van der Waals surface area contributed by atoms with Crippen molar-refractivity contribution >= 4 is 23.9 Å². The van der Waals surface area contributed by atoms with E-state index in [9.17, 15) is 23.2 Å². The van der Waals surface area contributed by atoms with Crippen molar-refractivity contribution in [2.24, 2.45) is 0 Å². The average Bonchev–Trinajstić information content (AvgIpc) is 2.51. The van der Waals surface area contributed by atoms with Gasteiger partial charge in [0.15, 0.2) is 11.6 Å². The molecule has 0 radical (unpaired) electrons. The Labute approximate surface area is 125 Å². The SMILES string of the molecule is O=CN1CCN(C(=O)CC(=O)Nc2ccc(F)c(F)c2)CC1. The number of amides is 3. The Balaban J connectivity index is 1.85. The topological polar surface area (TPSA) is 69.7 Å². The molecule has 118 valence electrons. The molecule has 1 fully saturated rings. The van der Waals surface area contributed by atoms with Crippen LogP contribution in [0.3, 0.4) is 0 Å². The Morgan fingerprint density at radius 1 is 1.14 bits per heavy atom. The minimum atomic E-state index is -1.07. The molecule has 8 heteroatoms. The van der Waals surface area contributed by atoms with Crippen LogP contribution in [-0.4, -0.2) is 54.2 Å². The van der Waals surface area contributed by atoms with Gasteiger partial charge in [-0.15, -0.1) is 0 Å². The van der Waals surface area contributed by atoms with Gasteiger partial charge < -0.3 is 15.1 Å². The molecule has 3 amide bonds. The van der Waals surface area contributed by atoms with E-state index in [4.69, 9.17) is 0 Å². The molecule has 0 atom stereocenters. The smallest absolute Gasteiger partial charge is 0.233 e. The van der Waals surface area contributed by atoms with Crippen LogP contribution in [0.2, 0.25) is 0 Å². The minimum absolute atomic E-state index is 0.0856. The maximum Gasteiger partial charge on any atom is 0.233 e. The lowest BCUT2D eigenvalue weighted by molar-refractivity contribution is -0.137. The average molecular weight is 311 g/mol. The summed E-state index contributed by atoms with van der Waals surface area (Å²) < 4.78 is 25.8. The standard InChI is InChI=1S/C14H15F2N3O3/c15-11-2-1-10(7-12(11)16)17-13(21)8-14(22)19-5-3-18(9-20)4-6-19/h1-2,7,9H,3-6,8H2,(H,17,21). The molecule has 1 aromatic rings. The van der Waals surface area contributed by atoms with E-state index in [-0.39, 0.29) is 18.0 Å². The van der Waals surface area contributed by atoms with Gasteiger partial charge in [0.25, 0.3) is 0 Å². The fourth-order valence-corrected chi connectivity index (χ4v) is 2.10. The zero-order valence-corrected chi connectivity index (χ0v) is 11.7. The number of carbonyl (C=O) groups is 3. The monoisotopic (exact) mass is 311 g/mol. The summed E-state index contributed by atoms with van der Waals surface area (Å²) in [6, 6.07) is 2.95. The predicted octanol–water partition coefficient (Wildman–Crippen LogP) is 0.594. The number of hydrogen-bond donors (Lipinski definition) is 1. The van der Waals surface area contributed by atoms with Crippen LogP contribution < -0.4 is 5.32 Å². The molecule has 2 rings (SSSR count). The Morgan fingerprint density at radius 3 is 2.41 bits per heavy atom. The van der Waals surface area contributed by atoms with Crippen molar-refractivity contribution < 1.29 is 23.2 Å². The molecule has 1 aromatic carbocycles. The van der Waals surface area contributed by atoms with Gasteiger partial charge in [0, 0.05) is 37.9 Å². The van der Waals surface area contributed by atoms with E-state index < -0.39 is 17.5 Å². The normalized spacial score (nSPS) is 14.6. The van der Waals surface area contributed by atoms with Crippen molar-refractivity contribution in [2.45, 2.75) is 6.42 Å². The highest BCUT2D eigenvalue weighted by molar-refractivity contribution is 6.03. The minimum Gasteiger partial charge on any atom is -0.342 e. The number of carbonyl (C=O) groups excluding carboxylic acids is 3. The van der Waals surface area contributed by atoms with Crippen LogP contribution in [-0.2, 0) is 14.4 Å². The Hall–Kier alpha value is -2.51. The number of halogens is 2. The van der Waals surface area contributed by atoms with Crippen LogP contribution in [0.15, 0.2) is 18.2 Å². The van der Waals surface area contributed by atoms with E-state index in [1.54, 1.807) is 4.90 Å². The van der Waals surface area contributed by atoms with Crippen molar-refractivity contribution in [1.29, 1.82) is 0 Å². The van der Waals surface area contributed by atoms with Crippen molar-refractivity contribution in [2.75, 3.05) is 31.5 Å². The first-order valence-corrected chi connectivity index (χ1v) is 6.71. The molecule has 1 aliphatic rings. The Morgan fingerprint density at radius 2 is 1.82 bits per heavy atom. The second kappa shape index (κ2) is 6.97. The van der Waals surface area contributed by atoms with Crippen LogP contribution in [0.5, 0.6) is 0 Å². The molecule has 0 saturated carbocycles. The molecule has 6 nitrogen and oxygen atoms in total. The number of piperazine rings is 1. The van der Waals surface area contributed by atoms with Gasteiger partial charge in [-0.25, -0.2) is 8.78 Å². The highest BCUT2D eigenvalue weighted by atomic mass is 19.2. The fraction of sp³-hybridized carbons (Fsp3) is 0.357. The molecule has 1 aliphatic heterocycles. The highest BCUT2D eigenvalue weighted by Crippen LogP contribution is 2.13. The Bertz CT molecular complexity index is 587. The molecule has 22 heavy (non-hydrogen) atoms. The van der Waals surface area contributed by atoms with E-state index >= 15 is 0 Å². The summed E-state index contributed by atoms with van der Waals surface area (Å²) >= 11 is 0. The number of hydrogen-bond acceptors (Lipinski definition) is 3. The maximum absolute atomic E-state index is 13.0. The van der Waals surface area contributed by atoms with Crippen molar-refractivity contribution in [3.05, 3.63) is 29.8 Å². The van der Waals surface area contributed by atoms with Crippen molar-refractivity contribution in [3.63, 3.8) is 0 Å². The molecule has 0 bridgehead atoms. The summed E-state index contributed by atoms with van der Waals surface area (Å²) in [7, 11) is 0. The van der Waals surface area contributed by atoms with E-state index in [1.165, 1.54) is 11.0 Å². The molecule has 0 unspecified atom stereocenters. The van der Waals surface area contributed by atoms with Crippen LogP contribution in [0.1, 0.15) is 6.42 Å². The summed E-state index contributed by atoms with van der Waals surface area (Å²) in [4.78, 5) is 37.3. The first kappa shape index (κ1) is 15.9. The second-order valence-electron chi connectivity index (χ2n) is 4.88. The molecule has 1 saturated heterocycles. The second-order valence-corrected chi connectivity index (χ2v) is 4.88. The summed E-state index contributed by atoms with van der Waals surface area (Å²) in [6.07, 6.45) is 0.331. The van der Waals surface area contributed by atoms with Gasteiger partial charge in [-0.3, -0.25) is 14.4 Å². The van der Waals surface area contributed by atoms with Crippen LogP contribution >= 0.6 is 0 Å². The zero-order chi connectivity index (χ0) is 16.1. The molecular formula is C14H15F2N3O3. The maximum atomic E-state index is 13.0. The van der Waals surface area contributed by atoms with Crippen LogP contribution in [0.25, 0.3) is 0 Å². The van der Waals surface area contributed by atoms with Crippen molar-refractivity contribution in [1.82, 2.24) is 9.80 Å². The van der Waals surface area contributed by atoms with Crippen LogP contribution in [0, 0.1) is 11.6 Å². The van der Waals surface area contributed by atoms with Gasteiger partial charge in [0.1, 0.15) is 6.42 Å². The third-order valence-corrected chi connectivity index (χ3v) is 3.33. The molecule has 1 N–H and O–H groups in total. The lowest BCUT2D eigenvalue weighted by Crippen LogP contribution is -2.48. The zero-order valence-electron chi connectivity index (χ0n) is 11.7. The highest BCUT2D eigenvalue weighted by Gasteiger charge is 2.22. The first-order chi connectivity index (χ1) is 10.5. The summed E-state index contributed by atoms with van der Waals surface area (Å²) in [5.74, 6) is -3.06. The van der Waals surface area contributed by atoms with Gasteiger partial charge in [-0.2, -0.15) is 0 Å².